The predicted octanol–water partition coefficient (Wildman–Crippen LogP) is 13.0. The van der Waals surface area contributed by atoms with E-state index in [1.807, 2.05) is 6.07 Å². The van der Waals surface area contributed by atoms with Gasteiger partial charge in [0.25, 0.3) is 0 Å². The summed E-state index contributed by atoms with van der Waals surface area (Å²) in [6.45, 7) is 4.35. The first kappa shape index (κ1) is 36.6. The molecule has 61 heavy (non-hydrogen) atoms. The molecule has 0 fully saturated rings. The molecule has 0 saturated heterocycles. The summed E-state index contributed by atoms with van der Waals surface area (Å²) in [5.74, 6) is 0. The van der Waals surface area contributed by atoms with Gasteiger partial charge in [-0.3, -0.25) is 0 Å². The molecule has 3 heteroatoms. The van der Waals surface area contributed by atoms with Gasteiger partial charge in [0, 0.05) is 32.9 Å². The zero-order valence-corrected chi connectivity index (χ0v) is 35.2. The molecule has 11 rings (SSSR count). The lowest BCUT2D eigenvalue weighted by Crippen LogP contribution is -2.74. The van der Waals surface area contributed by atoms with E-state index in [1.54, 1.807) is 0 Å². The number of hydrogen-bond acceptors (Lipinski definition) is 2. The molecule has 0 spiro atoms. The van der Waals surface area contributed by atoms with Crippen molar-refractivity contribution in [3.8, 4) is 11.1 Å². The van der Waals surface area contributed by atoms with Crippen molar-refractivity contribution in [2.75, 3.05) is 4.90 Å². The van der Waals surface area contributed by atoms with Crippen LogP contribution < -0.4 is 25.6 Å². The van der Waals surface area contributed by atoms with Crippen molar-refractivity contribution < 1.29 is 4.42 Å². The van der Waals surface area contributed by atoms with Crippen molar-refractivity contribution in [1.82, 2.24) is 0 Å². The second kappa shape index (κ2) is 15.0. The molecule has 0 aliphatic heterocycles. The standard InChI is InChI=1S/C58H43NOSi/c1-40-26-34-47(35-27-40)61(46-17-4-3-5-18-46,48-36-28-41(2)29-37-48)49-19-13-16-45(38-49)59(44-32-30-43(31-33-44)51-24-12-15-42-14-6-7-20-50(42)51)56-39-55-53-22-10-11-25-57(53)60-58(55)54-23-9-8-21-52(54)56/h3-39H,1-2H3. The van der Waals surface area contributed by atoms with Crippen molar-refractivity contribution in [1.29, 1.82) is 0 Å². The predicted molar refractivity (Wildman–Crippen MR) is 262 cm³/mol. The summed E-state index contributed by atoms with van der Waals surface area (Å²) < 4.78 is 6.63. The van der Waals surface area contributed by atoms with E-state index >= 15 is 0 Å². The number of para-hydroxylation sites is 1. The Bertz CT molecular complexity index is 3320. The highest BCUT2D eigenvalue weighted by molar-refractivity contribution is 7.19. The zero-order valence-electron chi connectivity index (χ0n) is 34.2. The number of rotatable bonds is 8. The summed E-state index contributed by atoms with van der Waals surface area (Å²) in [5.41, 5.74) is 10.00. The molecule has 0 atom stereocenters. The van der Waals surface area contributed by atoms with Crippen LogP contribution in [-0.4, -0.2) is 8.07 Å². The third-order valence-corrected chi connectivity index (χ3v) is 17.3. The van der Waals surface area contributed by atoms with Crippen LogP contribution in [0.25, 0.3) is 54.6 Å². The summed E-state index contributed by atoms with van der Waals surface area (Å²) in [7, 11) is -2.87. The second-order valence-electron chi connectivity index (χ2n) is 16.2. The fraction of sp³-hybridized carbons (Fsp3) is 0.0345. The third kappa shape index (κ3) is 6.16. The Hall–Kier alpha value is -7.46. The molecular formula is C58H43NOSi. The van der Waals surface area contributed by atoms with E-state index in [4.69, 9.17) is 4.42 Å². The maximum absolute atomic E-state index is 6.63. The first-order chi connectivity index (χ1) is 30.1. The van der Waals surface area contributed by atoms with Gasteiger partial charge in [0.05, 0.1) is 5.69 Å². The first-order valence-electron chi connectivity index (χ1n) is 21.1. The molecule has 290 valence electrons. The molecule has 0 unspecified atom stereocenters. The minimum Gasteiger partial charge on any atom is -0.455 e. The summed E-state index contributed by atoms with van der Waals surface area (Å²) in [6.07, 6.45) is 0. The van der Waals surface area contributed by atoms with Crippen molar-refractivity contribution in [2.45, 2.75) is 13.8 Å². The fourth-order valence-electron chi connectivity index (χ4n) is 9.58. The molecule has 0 bridgehead atoms. The lowest BCUT2D eigenvalue weighted by atomic mass is 9.97. The Balaban J connectivity index is 1.19. The van der Waals surface area contributed by atoms with E-state index in [0.29, 0.717) is 0 Å². The second-order valence-corrected chi connectivity index (χ2v) is 20.0. The van der Waals surface area contributed by atoms with Crippen molar-refractivity contribution in [3.63, 3.8) is 0 Å². The van der Waals surface area contributed by atoms with Crippen LogP contribution in [0.4, 0.5) is 17.1 Å². The molecule has 10 aromatic carbocycles. The van der Waals surface area contributed by atoms with Gasteiger partial charge in [0.2, 0.25) is 0 Å². The Morgan fingerprint density at radius 2 is 0.934 bits per heavy atom. The van der Waals surface area contributed by atoms with E-state index in [0.717, 1.165) is 49.8 Å². The monoisotopic (exact) mass is 797 g/mol. The third-order valence-electron chi connectivity index (χ3n) is 12.5. The normalized spacial score (nSPS) is 11.8. The quantitative estimate of drug-likeness (QED) is 0.112. The van der Waals surface area contributed by atoms with Gasteiger partial charge < -0.3 is 9.32 Å². The number of aryl methyl sites for hydroxylation is 2. The maximum Gasteiger partial charge on any atom is 0.179 e. The van der Waals surface area contributed by atoms with E-state index in [9.17, 15) is 0 Å². The molecule has 2 nitrogen and oxygen atoms in total. The average Bonchev–Trinajstić information content (AvgIpc) is 3.70. The smallest absolute Gasteiger partial charge is 0.179 e. The van der Waals surface area contributed by atoms with Gasteiger partial charge in [0.15, 0.2) is 8.07 Å². The minimum absolute atomic E-state index is 0.891. The van der Waals surface area contributed by atoms with Crippen molar-refractivity contribution in [2.24, 2.45) is 0 Å². The number of furan rings is 1. The first-order valence-corrected chi connectivity index (χ1v) is 23.1. The van der Waals surface area contributed by atoms with Gasteiger partial charge in [0.1, 0.15) is 11.2 Å². The Kier molecular flexibility index (Phi) is 8.98. The number of anilines is 3. The largest absolute Gasteiger partial charge is 0.455 e. The van der Waals surface area contributed by atoms with Crippen LogP contribution in [0, 0.1) is 13.8 Å². The molecule has 0 amide bonds. The SMILES string of the molecule is Cc1ccc([Si](c2ccccc2)(c2ccc(C)cc2)c2cccc(N(c3ccc(-c4cccc5ccccc45)cc3)c3cc4c5ccccc5oc4c4ccccc34)c2)cc1. The highest BCUT2D eigenvalue weighted by atomic mass is 28.3. The number of benzene rings is 10. The Labute approximate surface area is 357 Å². The van der Waals surface area contributed by atoms with E-state index < -0.39 is 8.07 Å². The summed E-state index contributed by atoms with van der Waals surface area (Å²) in [5, 5.41) is 12.3. The molecule has 1 heterocycles. The molecule has 0 N–H and O–H groups in total. The highest BCUT2D eigenvalue weighted by Gasteiger charge is 2.42. The van der Waals surface area contributed by atoms with Gasteiger partial charge in [-0.15, -0.1) is 0 Å². The van der Waals surface area contributed by atoms with Crippen molar-refractivity contribution >= 4 is 89.4 Å². The zero-order chi connectivity index (χ0) is 40.9. The van der Waals surface area contributed by atoms with Gasteiger partial charge in [-0.25, -0.2) is 0 Å². The van der Waals surface area contributed by atoms with Gasteiger partial charge in [-0.05, 0) is 92.9 Å². The number of fused-ring (bicyclic) bond motifs is 6. The number of nitrogens with zero attached hydrogens (tertiary/aromatic N) is 1. The molecular weight excluding hydrogens is 755 g/mol. The highest BCUT2D eigenvalue weighted by Crippen LogP contribution is 2.45. The van der Waals surface area contributed by atoms with Gasteiger partial charge in [-0.1, -0.05) is 199 Å². The van der Waals surface area contributed by atoms with Gasteiger partial charge in [-0.2, -0.15) is 0 Å². The van der Waals surface area contributed by atoms with Crippen LogP contribution in [0.1, 0.15) is 11.1 Å². The summed E-state index contributed by atoms with van der Waals surface area (Å²) in [4.78, 5) is 2.47. The van der Waals surface area contributed by atoms with Crippen LogP contribution in [-0.2, 0) is 0 Å². The Morgan fingerprint density at radius 3 is 1.66 bits per heavy atom. The van der Waals surface area contributed by atoms with E-state index in [2.05, 4.69) is 237 Å². The van der Waals surface area contributed by atoms with Crippen LogP contribution >= 0.6 is 0 Å². The minimum atomic E-state index is -2.87. The lowest BCUT2D eigenvalue weighted by molar-refractivity contribution is 0.672. The Morgan fingerprint density at radius 1 is 0.377 bits per heavy atom. The molecule has 0 aliphatic carbocycles. The summed E-state index contributed by atoms with van der Waals surface area (Å²) >= 11 is 0. The van der Waals surface area contributed by atoms with Crippen LogP contribution in [0.2, 0.25) is 0 Å². The topological polar surface area (TPSA) is 16.4 Å². The van der Waals surface area contributed by atoms with Gasteiger partial charge >= 0.3 is 0 Å². The molecule has 11 aromatic rings. The van der Waals surface area contributed by atoms with Crippen LogP contribution in [0.5, 0.6) is 0 Å². The number of hydrogen-bond donors (Lipinski definition) is 0. The molecule has 1 aromatic heterocycles. The van der Waals surface area contributed by atoms with E-state index in [1.165, 1.54) is 53.8 Å². The van der Waals surface area contributed by atoms with Crippen LogP contribution in [0.15, 0.2) is 229 Å². The van der Waals surface area contributed by atoms with E-state index in [-0.39, 0.29) is 0 Å². The fourth-order valence-corrected chi connectivity index (χ4v) is 14.3. The maximum atomic E-state index is 6.63. The molecule has 0 radical (unpaired) electrons. The lowest BCUT2D eigenvalue weighted by Gasteiger charge is -2.36. The van der Waals surface area contributed by atoms with Crippen LogP contribution in [0.3, 0.4) is 0 Å². The summed E-state index contributed by atoms with van der Waals surface area (Å²) in [6, 6.07) is 83.0. The molecule has 0 saturated carbocycles. The van der Waals surface area contributed by atoms with Crippen molar-refractivity contribution in [3.05, 3.63) is 236 Å². The molecule has 0 aliphatic rings. The average molecular weight is 798 g/mol.